The van der Waals surface area contributed by atoms with E-state index in [9.17, 15) is 0 Å². The van der Waals surface area contributed by atoms with Crippen LogP contribution in [0.25, 0.3) is 0 Å². The summed E-state index contributed by atoms with van der Waals surface area (Å²) >= 11 is 5.57. The van der Waals surface area contributed by atoms with Gasteiger partial charge in [0.25, 0.3) is 0 Å². The van der Waals surface area contributed by atoms with Gasteiger partial charge in [0.15, 0.2) is 0 Å². The normalized spacial score (nSPS) is 14.1. The maximum absolute atomic E-state index is 5.57. The van der Waals surface area contributed by atoms with Crippen molar-refractivity contribution in [1.82, 2.24) is 10.3 Å². The predicted molar refractivity (Wildman–Crippen MR) is 60.3 cm³/mol. The minimum absolute atomic E-state index is 0.301. The van der Waals surface area contributed by atoms with Gasteiger partial charge in [-0.15, -0.1) is 0 Å². The van der Waals surface area contributed by atoms with Crippen LogP contribution < -0.4 is 5.32 Å². The summed E-state index contributed by atoms with van der Waals surface area (Å²) in [5, 5.41) is 3.36. The van der Waals surface area contributed by atoms with E-state index in [2.05, 4.69) is 23.3 Å². The van der Waals surface area contributed by atoms with Gasteiger partial charge in [0.2, 0.25) is 0 Å². The molecule has 0 aliphatic rings. The highest BCUT2D eigenvalue weighted by molar-refractivity contribution is 6.25. The van der Waals surface area contributed by atoms with Gasteiger partial charge < -0.3 is 5.32 Å². The van der Waals surface area contributed by atoms with Crippen LogP contribution in [0.1, 0.15) is 25.5 Å². The van der Waals surface area contributed by atoms with Crippen molar-refractivity contribution in [2.24, 2.45) is 0 Å². The molecule has 0 radical (unpaired) electrons. The minimum atomic E-state index is 0.301. The van der Waals surface area contributed by atoms with Crippen molar-refractivity contribution in [3.8, 4) is 0 Å². The molecule has 0 aliphatic heterocycles. The van der Waals surface area contributed by atoms with Crippen LogP contribution in [0.5, 0.6) is 0 Å². The lowest BCUT2D eigenvalue weighted by Gasteiger charge is -2.13. The molecule has 0 amide bonds. The number of aromatic nitrogens is 1. The zero-order valence-corrected chi connectivity index (χ0v) is 9.25. The van der Waals surface area contributed by atoms with Crippen molar-refractivity contribution in [1.29, 1.82) is 0 Å². The Morgan fingerprint density at radius 3 is 3.07 bits per heavy atom. The molecule has 76 valence electrons. The Bertz CT molecular complexity index is 295. The molecule has 1 N–H and O–H groups in total. The van der Waals surface area contributed by atoms with Gasteiger partial charge in [0.05, 0.1) is 0 Å². The first-order valence-electron chi connectivity index (χ1n) is 4.63. The molecule has 3 heteroatoms. The summed E-state index contributed by atoms with van der Waals surface area (Å²) in [6.07, 6.45) is 3.65. The zero-order valence-electron chi connectivity index (χ0n) is 8.50. The lowest BCUT2D eigenvalue weighted by molar-refractivity contribution is 0.605. The van der Waals surface area contributed by atoms with Crippen LogP contribution in [-0.4, -0.2) is 11.5 Å². The molecule has 1 heterocycles. The highest BCUT2D eigenvalue weighted by atomic mass is 35.5. The monoisotopic (exact) mass is 210 g/mol. The van der Waals surface area contributed by atoms with Crippen LogP contribution in [0.4, 0.5) is 0 Å². The van der Waals surface area contributed by atoms with E-state index in [1.54, 1.807) is 11.7 Å². The Morgan fingerprint density at radius 1 is 1.71 bits per heavy atom. The lowest BCUT2D eigenvalue weighted by Crippen LogP contribution is -2.20. The average Bonchev–Trinajstić information content (AvgIpc) is 2.26. The van der Waals surface area contributed by atoms with E-state index in [0.29, 0.717) is 6.04 Å². The maximum atomic E-state index is 5.57. The Morgan fingerprint density at radius 2 is 2.50 bits per heavy atom. The van der Waals surface area contributed by atoms with E-state index in [1.165, 1.54) is 5.56 Å². The molecule has 1 atom stereocenters. The van der Waals surface area contributed by atoms with Gasteiger partial charge in [-0.1, -0.05) is 17.7 Å². The molecule has 1 unspecified atom stereocenters. The van der Waals surface area contributed by atoms with Crippen LogP contribution in [0, 0.1) is 0 Å². The van der Waals surface area contributed by atoms with Gasteiger partial charge in [-0.05, 0) is 31.1 Å². The number of nitrogens with one attached hydrogen (secondary N) is 1. The van der Waals surface area contributed by atoms with Crippen LogP contribution in [0.3, 0.4) is 0 Å². The molecule has 0 saturated carbocycles. The van der Waals surface area contributed by atoms with Crippen molar-refractivity contribution in [3.63, 3.8) is 0 Å². The van der Waals surface area contributed by atoms with Gasteiger partial charge in [0, 0.05) is 30.5 Å². The molecule has 14 heavy (non-hydrogen) atoms. The van der Waals surface area contributed by atoms with Crippen LogP contribution in [0.2, 0.25) is 0 Å². The molecular formula is C11H15ClN2. The van der Waals surface area contributed by atoms with E-state index in [0.717, 1.165) is 12.1 Å². The van der Waals surface area contributed by atoms with Crippen molar-refractivity contribution >= 4 is 11.6 Å². The molecular weight excluding hydrogens is 196 g/mol. The summed E-state index contributed by atoms with van der Waals surface area (Å²) in [4.78, 5) is 4.07. The lowest BCUT2D eigenvalue weighted by atomic mass is 10.1. The van der Waals surface area contributed by atoms with Gasteiger partial charge in [-0.2, -0.15) is 0 Å². The number of pyridine rings is 1. The van der Waals surface area contributed by atoms with E-state index >= 15 is 0 Å². The zero-order chi connectivity index (χ0) is 10.4. The number of hydrogen-bond acceptors (Lipinski definition) is 2. The van der Waals surface area contributed by atoms with Crippen LogP contribution in [-0.2, 0) is 0 Å². The smallest absolute Gasteiger partial charge is 0.0315 e. The van der Waals surface area contributed by atoms with E-state index < -0.39 is 0 Å². The third kappa shape index (κ3) is 3.48. The number of halogens is 1. The number of nitrogens with zero attached hydrogens (tertiary/aromatic N) is 1. The number of rotatable bonds is 4. The average molecular weight is 211 g/mol. The first-order valence-corrected chi connectivity index (χ1v) is 5.07. The molecule has 2 nitrogen and oxygen atoms in total. The quantitative estimate of drug-likeness (QED) is 0.827. The summed E-state index contributed by atoms with van der Waals surface area (Å²) in [6.45, 7) is 4.91. The Labute approximate surface area is 90.0 Å². The van der Waals surface area contributed by atoms with Gasteiger partial charge in [-0.3, -0.25) is 4.98 Å². The molecule has 0 spiro atoms. The second kappa shape index (κ2) is 5.78. The first-order chi connectivity index (χ1) is 6.74. The topological polar surface area (TPSA) is 24.9 Å². The minimum Gasteiger partial charge on any atom is -0.306 e. The molecule has 1 aromatic rings. The molecule has 0 saturated heterocycles. The molecule has 0 fully saturated rings. The van der Waals surface area contributed by atoms with Crippen molar-refractivity contribution in [2.75, 3.05) is 6.54 Å². The third-order valence-corrected chi connectivity index (χ3v) is 2.43. The van der Waals surface area contributed by atoms with E-state index in [4.69, 9.17) is 11.6 Å². The fourth-order valence-corrected chi connectivity index (χ4v) is 1.18. The van der Waals surface area contributed by atoms with Crippen LogP contribution >= 0.6 is 11.6 Å². The summed E-state index contributed by atoms with van der Waals surface area (Å²) in [6, 6.07) is 4.30. The van der Waals surface area contributed by atoms with Gasteiger partial charge in [-0.25, -0.2) is 0 Å². The molecule has 0 bridgehead atoms. The summed E-state index contributed by atoms with van der Waals surface area (Å²) in [7, 11) is 0. The predicted octanol–water partition coefficient (Wildman–Crippen LogP) is 2.87. The van der Waals surface area contributed by atoms with Crippen molar-refractivity contribution in [2.45, 2.75) is 19.9 Å². The Kier molecular flexibility index (Phi) is 4.63. The summed E-state index contributed by atoms with van der Waals surface area (Å²) in [5.74, 6) is 0. The van der Waals surface area contributed by atoms with Crippen molar-refractivity contribution in [3.05, 3.63) is 41.2 Å². The SMILES string of the molecule is C/C(=C\Cl)CNC(C)c1cccnc1. The molecule has 1 aromatic heterocycles. The van der Waals surface area contributed by atoms with Gasteiger partial charge >= 0.3 is 0 Å². The largest absolute Gasteiger partial charge is 0.306 e. The van der Waals surface area contributed by atoms with E-state index in [-0.39, 0.29) is 0 Å². The first kappa shape index (κ1) is 11.2. The van der Waals surface area contributed by atoms with Gasteiger partial charge in [0.1, 0.15) is 0 Å². The maximum Gasteiger partial charge on any atom is 0.0315 e. The second-order valence-corrected chi connectivity index (χ2v) is 3.56. The van der Waals surface area contributed by atoms with Crippen LogP contribution in [0.15, 0.2) is 35.6 Å². The summed E-state index contributed by atoms with van der Waals surface area (Å²) < 4.78 is 0. The van der Waals surface area contributed by atoms with Crippen molar-refractivity contribution < 1.29 is 0 Å². The fourth-order valence-electron chi connectivity index (χ4n) is 1.10. The second-order valence-electron chi connectivity index (χ2n) is 3.34. The summed E-state index contributed by atoms with van der Waals surface area (Å²) in [5.41, 5.74) is 3.92. The standard InChI is InChI=1S/C11H15ClN2/c1-9(6-12)7-14-10(2)11-4-3-5-13-8-11/h3-6,8,10,14H,7H2,1-2H3/b9-6+. The fraction of sp³-hybridized carbons (Fsp3) is 0.364. The highest BCUT2D eigenvalue weighted by Crippen LogP contribution is 2.09. The highest BCUT2D eigenvalue weighted by Gasteiger charge is 2.03. The third-order valence-electron chi connectivity index (χ3n) is 2.06. The molecule has 0 aromatic carbocycles. The van der Waals surface area contributed by atoms with E-state index in [1.807, 2.05) is 19.2 Å². The Balaban J connectivity index is 2.47. The molecule has 1 rings (SSSR count). The Hall–Kier alpha value is -0.860. The number of hydrogen-bond donors (Lipinski definition) is 1. The molecule has 0 aliphatic carbocycles.